The topological polar surface area (TPSA) is 197 Å². The van der Waals surface area contributed by atoms with E-state index < -0.39 is 29.3 Å². The molecule has 0 fully saturated rings. The van der Waals surface area contributed by atoms with Crippen LogP contribution < -0.4 is 158 Å². The summed E-state index contributed by atoms with van der Waals surface area (Å²) in [6.07, 6.45) is 0. The summed E-state index contributed by atoms with van der Waals surface area (Å²) in [5, 5.41) is 44.6. The van der Waals surface area contributed by atoms with Gasteiger partial charge in [0.05, 0.1) is 23.9 Å². The molecule has 0 aliphatic heterocycles. The number of benzene rings is 4. The molecule has 0 radical (unpaired) electrons. The summed E-state index contributed by atoms with van der Waals surface area (Å²) in [7, 11) is 0. The Bertz CT molecular complexity index is 1400. The molecule has 0 spiro atoms. The van der Waals surface area contributed by atoms with Crippen LogP contribution in [0.25, 0.3) is 0 Å². The molecule has 0 heterocycles. The van der Waals surface area contributed by atoms with Gasteiger partial charge >= 0.3 is 118 Å². The van der Waals surface area contributed by atoms with E-state index in [1.54, 1.807) is 0 Å². The van der Waals surface area contributed by atoms with Crippen molar-refractivity contribution in [2.75, 3.05) is 26.4 Å². The third kappa shape index (κ3) is 14.6. The second-order valence-corrected chi connectivity index (χ2v) is 9.90. The maximum Gasteiger partial charge on any atom is 1.00 e. The van der Waals surface area contributed by atoms with E-state index in [4.69, 9.17) is 18.9 Å². The predicted molar refractivity (Wildman–Crippen MR) is 148 cm³/mol. The summed E-state index contributed by atoms with van der Waals surface area (Å²) in [6, 6.07) is 22.0. The van der Waals surface area contributed by atoms with Crippen molar-refractivity contribution < 1.29 is 177 Å². The molecule has 0 aliphatic carbocycles. The molecule has 0 aliphatic rings. The van der Waals surface area contributed by atoms with Crippen LogP contribution in [0, 0.1) is 5.41 Å². The number of aromatic carboxylic acids is 4. The molecule has 0 N–H and O–H groups in total. The molecule has 232 valence electrons. The molecule has 4 aromatic rings. The van der Waals surface area contributed by atoms with Gasteiger partial charge in [0.15, 0.2) is 0 Å². The Morgan fingerprint density at radius 1 is 0.367 bits per heavy atom. The van der Waals surface area contributed by atoms with E-state index in [1.807, 2.05) is 0 Å². The van der Waals surface area contributed by atoms with E-state index in [0.29, 0.717) is 23.0 Å². The normalized spacial score (nSPS) is 9.96. The van der Waals surface area contributed by atoms with Gasteiger partial charge in [-0.05, 0) is 119 Å². The van der Waals surface area contributed by atoms with Gasteiger partial charge in [-0.1, -0.05) is 0 Å². The zero-order chi connectivity index (χ0) is 32.4. The zero-order valence-electron chi connectivity index (χ0n) is 27.5. The number of carbonyl (C=O) groups is 4. The predicted octanol–water partition coefficient (Wildman–Crippen LogP) is -12.2. The fraction of sp³-hybridized carbons (Fsp3) is 0.152. The Labute approximate surface area is 370 Å². The molecular weight excluding hydrogens is 680 g/mol. The number of hydrogen-bond acceptors (Lipinski definition) is 12. The van der Waals surface area contributed by atoms with Gasteiger partial charge < -0.3 is 58.6 Å². The molecule has 0 unspecified atom stereocenters. The fourth-order valence-electron chi connectivity index (χ4n) is 3.94. The number of carboxylic acid groups (broad SMARTS) is 4. The van der Waals surface area contributed by atoms with Crippen LogP contribution in [-0.2, 0) is 0 Å². The quantitative estimate of drug-likeness (QED) is 0.100. The Morgan fingerprint density at radius 3 is 0.673 bits per heavy atom. The van der Waals surface area contributed by atoms with Gasteiger partial charge in [-0.2, -0.15) is 0 Å². The number of carbonyl (C=O) groups excluding carboxylic acids is 4. The SMILES string of the molecule is O=C([O-])c1ccc(OCC(COc2ccc(C(=O)[O-])cc2)(COc2ccc(C(=O)[O-])cc2)COc2ccc(C(=O)[O-])cc2)cc1.[Na+].[Na+].[Na+].[Na+]. The van der Waals surface area contributed by atoms with E-state index in [9.17, 15) is 39.6 Å². The van der Waals surface area contributed by atoms with Crippen LogP contribution >= 0.6 is 0 Å². The first-order valence-corrected chi connectivity index (χ1v) is 13.3. The van der Waals surface area contributed by atoms with Crippen LogP contribution in [0.4, 0.5) is 0 Å². The van der Waals surface area contributed by atoms with Gasteiger partial charge in [0.2, 0.25) is 0 Å². The van der Waals surface area contributed by atoms with Crippen molar-refractivity contribution in [3.8, 4) is 23.0 Å². The number of rotatable bonds is 16. The average Bonchev–Trinajstić information content (AvgIpc) is 3.04. The molecular formula is C33H24Na4O12. The van der Waals surface area contributed by atoms with Crippen molar-refractivity contribution in [1.82, 2.24) is 0 Å². The number of hydrogen-bond donors (Lipinski definition) is 0. The third-order valence-electron chi connectivity index (χ3n) is 6.54. The summed E-state index contributed by atoms with van der Waals surface area (Å²) < 4.78 is 24.0. The van der Waals surface area contributed by atoms with Gasteiger partial charge in [0.25, 0.3) is 0 Å². The third-order valence-corrected chi connectivity index (χ3v) is 6.54. The van der Waals surface area contributed by atoms with Crippen LogP contribution in [-0.4, -0.2) is 50.3 Å². The minimum Gasteiger partial charge on any atom is -0.545 e. The molecule has 0 atom stereocenters. The van der Waals surface area contributed by atoms with E-state index in [0.717, 1.165) is 0 Å². The Hall–Kier alpha value is -2.04. The molecule has 0 saturated heterocycles. The van der Waals surface area contributed by atoms with Gasteiger partial charge in [0.1, 0.15) is 54.8 Å². The smallest absolute Gasteiger partial charge is 0.545 e. The average molecular weight is 705 g/mol. The number of ether oxygens (including phenoxy) is 4. The molecule has 0 amide bonds. The van der Waals surface area contributed by atoms with Crippen molar-refractivity contribution in [2.45, 2.75) is 0 Å². The van der Waals surface area contributed by atoms with Crippen LogP contribution in [0.15, 0.2) is 97.1 Å². The molecule has 4 aromatic carbocycles. The van der Waals surface area contributed by atoms with Gasteiger partial charge in [-0.25, -0.2) is 0 Å². The molecule has 16 heteroatoms. The monoisotopic (exact) mass is 704 g/mol. The zero-order valence-corrected chi connectivity index (χ0v) is 35.5. The summed E-state index contributed by atoms with van der Waals surface area (Å²) in [5.74, 6) is -4.21. The Morgan fingerprint density at radius 2 is 0.531 bits per heavy atom. The first-order chi connectivity index (χ1) is 21.5. The summed E-state index contributed by atoms with van der Waals surface area (Å²) in [4.78, 5) is 44.6. The van der Waals surface area contributed by atoms with Gasteiger partial charge in [0, 0.05) is 0 Å². The first kappa shape index (κ1) is 47.0. The van der Waals surface area contributed by atoms with Crippen molar-refractivity contribution in [2.24, 2.45) is 5.41 Å². The first-order valence-electron chi connectivity index (χ1n) is 13.3. The fourth-order valence-corrected chi connectivity index (χ4v) is 3.94. The van der Waals surface area contributed by atoms with Crippen molar-refractivity contribution in [1.29, 1.82) is 0 Å². The van der Waals surface area contributed by atoms with Crippen LogP contribution in [0.1, 0.15) is 41.4 Å². The maximum atomic E-state index is 11.2. The van der Waals surface area contributed by atoms with E-state index in [-0.39, 0.29) is 167 Å². The van der Waals surface area contributed by atoms with E-state index >= 15 is 0 Å². The van der Waals surface area contributed by atoms with Crippen LogP contribution in [0.5, 0.6) is 23.0 Å². The number of carboxylic acids is 4. The van der Waals surface area contributed by atoms with E-state index in [2.05, 4.69) is 0 Å². The molecule has 12 nitrogen and oxygen atoms in total. The molecule has 0 aromatic heterocycles. The van der Waals surface area contributed by atoms with Gasteiger partial charge in [-0.15, -0.1) is 0 Å². The summed E-state index contributed by atoms with van der Waals surface area (Å²) in [5.41, 5.74) is -1.35. The maximum absolute atomic E-state index is 11.2. The van der Waals surface area contributed by atoms with E-state index in [1.165, 1.54) is 97.1 Å². The molecule has 4 rings (SSSR count). The second kappa shape index (κ2) is 22.7. The minimum atomic E-state index is -1.36. The minimum absolute atomic E-state index is 0. The van der Waals surface area contributed by atoms with Crippen molar-refractivity contribution in [3.05, 3.63) is 119 Å². The van der Waals surface area contributed by atoms with Crippen LogP contribution in [0.3, 0.4) is 0 Å². The van der Waals surface area contributed by atoms with Crippen molar-refractivity contribution in [3.63, 3.8) is 0 Å². The van der Waals surface area contributed by atoms with Crippen LogP contribution in [0.2, 0.25) is 0 Å². The molecule has 0 saturated carbocycles. The molecule has 49 heavy (non-hydrogen) atoms. The Balaban J connectivity index is 0.00000576. The largest absolute Gasteiger partial charge is 1.00 e. The molecule has 0 bridgehead atoms. The summed E-state index contributed by atoms with van der Waals surface area (Å²) in [6.45, 7) is -0.488. The Kier molecular flexibility index (Phi) is 21.8. The van der Waals surface area contributed by atoms with Crippen molar-refractivity contribution >= 4 is 23.9 Å². The second-order valence-electron chi connectivity index (χ2n) is 9.90. The summed E-state index contributed by atoms with van der Waals surface area (Å²) >= 11 is 0. The standard InChI is InChI=1S/C33H28O12.4Na/c34-29(35)21-1-9-25(10-2-21)42-17-33(18-43-26-11-3-22(4-12-26)30(36)37,19-44-27-13-5-23(6-14-27)31(38)39)20-45-28-15-7-24(8-16-28)32(40)41;;;;/h1-16H,17-20H2,(H,34,35)(H,36,37)(H,38,39)(H,40,41);;;;/q;4*+1/p-4. The van der Waals surface area contributed by atoms with Gasteiger partial charge in [-0.3, -0.25) is 0 Å².